The van der Waals surface area contributed by atoms with Gasteiger partial charge in [-0.2, -0.15) is 0 Å². The van der Waals surface area contributed by atoms with E-state index in [4.69, 9.17) is 16.3 Å². The summed E-state index contributed by atoms with van der Waals surface area (Å²) in [6.07, 6.45) is 0.391. The van der Waals surface area contributed by atoms with Gasteiger partial charge in [-0.05, 0) is 74.2 Å². The Morgan fingerprint density at radius 2 is 1.54 bits per heavy atom. The monoisotopic (exact) mass is 492 g/mol. The predicted octanol–water partition coefficient (Wildman–Crippen LogP) is 5.50. The van der Waals surface area contributed by atoms with Crippen LogP contribution in [0.3, 0.4) is 0 Å². The summed E-state index contributed by atoms with van der Waals surface area (Å²) in [5.74, 6) is 0.171. The van der Waals surface area contributed by atoms with E-state index in [-0.39, 0.29) is 31.0 Å². The zero-order valence-corrected chi connectivity index (χ0v) is 21.5. The van der Waals surface area contributed by atoms with E-state index < -0.39 is 6.04 Å². The lowest BCUT2D eigenvalue weighted by Gasteiger charge is -2.32. The number of nitrogens with zero attached hydrogens (tertiary/aromatic N) is 1. The number of ether oxygens (including phenoxy) is 1. The topological polar surface area (TPSA) is 58.6 Å². The van der Waals surface area contributed by atoms with Crippen LogP contribution in [0.1, 0.15) is 36.1 Å². The molecule has 35 heavy (non-hydrogen) atoms. The van der Waals surface area contributed by atoms with Crippen molar-refractivity contribution in [3.8, 4) is 5.75 Å². The summed E-state index contributed by atoms with van der Waals surface area (Å²) in [5.41, 5.74) is 3.97. The average Bonchev–Trinajstić information content (AvgIpc) is 2.80. The maximum absolute atomic E-state index is 13.6. The Bertz CT molecular complexity index is 1110. The number of hydrogen-bond donors (Lipinski definition) is 1. The van der Waals surface area contributed by atoms with Gasteiger partial charge in [0.15, 0.2) is 6.61 Å². The van der Waals surface area contributed by atoms with E-state index in [1.165, 1.54) is 0 Å². The van der Waals surface area contributed by atoms with E-state index in [0.29, 0.717) is 17.2 Å². The summed E-state index contributed by atoms with van der Waals surface area (Å²) in [6, 6.07) is 22.1. The van der Waals surface area contributed by atoms with Crippen LogP contribution >= 0.6 is 11.6 Å². The number of rotatable bonds is 10. The van der Waals surface area contributed by atoms with Crippen LogP contribution in [-0.4, -0.2) is 35.4 Å². The molecule has 3 rings (SSSR count). The minimum atomic E-state index is -0.703. The smallest absolute Gasteiger partial charge is 0.261 e. The summed E-state index contributed by atoms with van der Waals surface area (Å²) < 4.78 is 5.88. The van der Waals surface area contributed by atoms with E-state index >= 15 is 0 Å². The van der Waals surface area contributed by atoms with Gasteiger partial charge in [-0.15, -0.1) is 0 Å². The number of amides is 2. The van der Waals surface area contributed by atoms with Gasteiger partial charge in [-0.1, -0.05) is 60.1 Å². The minimum Gasteiger partial charge on any atom is -0.484 e. The molecule has 3 aromatic carbocycles. The molecule has 1 N–H and O–H groups in total. The van der Waals surface area contributed by atoms with E-state index in [1.807, 2.05) is 88.4 Å². The third-order valence-electron chi connectivity index (χ3n) is 5.53. The summed E-state index contributed by atoms with van der Waals surface area (Å²) in [5, 5.41) is 3.60. The van der Waals surface area contributed by atoms with Gasteiger partial charge in [0.05, 0.1) is 0 Å². The van der Waals surface area contributed by atoms with Crippen LogP contribution in [-0.2, 0) is 22.6 Å². The average molecular weight is 493 g/mol. The molecule has 2 amide bonds. The van der Waals surface area contributed by atoms with Gasteiger partial charge in [0.1, 0.15) is 11.8 Å². The summed E-state index contributed by atoms with van der Waals surface area (Å²) in [7, 11) is 0. The molecule has 0 saturated carbocycles. The highest BCUT2D eigenvalue weighted by molar-refractivity contribution is 6.30. The van der Waals surface area contributed by atoms with Gasteiger partial charge in [-0.25, -0.2) is 0 Å². The number of benzene rings is 3. The molecular weight excluding hydrogens is 460 g/mol. The molecule has 0 aliphatic heterocycles. The molecule has 3 aromatic rings. The van der Waals surface area contributed by atoms with Crippen molar-refractivity contribution in [3.05, 3.63) is 100 Å². The van der Waals surface area contributed by atoms with Crippen LogP contribution in [0.5, 0.6) is 5.75 Å². The molecule has 5 nitrogen and oxygen atoms in total. The molecule has 0 aromatic heterocycles. The number of halogens is 1. The molecular formula is C29H33ClN2O3. The van der Waals surface area contributed by atoms with Crippen molar-refractivity contribution in [2.24, 2.45) is 0 Å². The van der Waals surface area contributed by atoms with Gasteiger partial charge < -0.3 is 15.0 Å². The number of carbonyl (C=O) groups excluding carboxylic acids is 2. The molecule has 0 heterocycles. The Hall–Kier alpha value is -3.31. The van der Waals surface area contributed by atoms with E-state index in [9.17, 15) is 9.59 Å². The first-order valence-corrected chi connectivity index (χ1v) is 12.2. The molecule has 6 heteroatoms. The number of aryl methyl sites for hydroxylation is 2. The Morgan fingerprint density at radius 1 is 0.914 bits per heavy atom. The second-order valence-electron chi connectivity index (χ2n) is 9.13. The quantitative estimate of drug-likeness (QED) is 0.406. The van der Waals surface area contributed by atoms with Crippen molar-refractivity contribution in [1.29, 1.82) is 0 Å². The number of carbonyl (C=O) groups is 2. The fourth-order valence-electron chi connectivity index (χ4n) is 3.97. The Morgan fingerprint density at radius 3 is 2.14 bits per heavy atom. The molecule has 0 aliphatic rings. The maximum Gasteiger partial charge on any atom is 0.261 e. The van der Waals surface area contributed by atoms with E-state index in [0.717, 1.165) is 22.3 Å². The number of nitrogens with one attached hydrogen (secondary N) is 1. The van der Waals surface area contributed by atoms with Crippen molar-refractivity contribution in [2.45, 2.75) is 52.7 Å². The predicted molar refractivity (Wildman–Crippen MR) is 141 cm³/mol. The second-order valence-corrected chi connectivity index (χ2v) is 9.57. The second kappa shape index (κ2) is 12.4. The first kappa shape index (κ1) is 26.3. The van der Waals surface area contributed by atoms with Crippen molar-refractivity contribution in [3.63, 3.8) is 0 Å². The third kappa shape index (κ3) is 8.15. The Kier molecular flexibility index (Phi) is 9.32. The van der Waals surface area contributed by atoms with E-state index in [2.05, 4.69) is 5.32 Å². The summed E-state index contributed by atoms with van der Waals surface area (Å²) in [4.78, 5) is 28.5. The number of hydrogen-bond acceptors (Lipinski definition) is 3. The Labute approximate surface area is 213 Å². The van der Waals surface area contributed by atoms with Crippen molar-refractivity contribution >= 4 is 23.4 Å². The van der Waals surface area contributed by atoms with Crippen LogP contribution in [0.15, 0.2) is 72.8 Å². The molecule has 0 radical (unpaired) electrons. The molecule has 0 bridgehead atoms. The zero-order valence-electron chi connectivity index (χ0n) is 20.8. The molecule has 0 saturated heterocycles. The van der Waals surface area contributed by atoms with Gasteiger partial charge in [0.2, 0.25) is 5.91 Å². The SMILES string of the molecule is Cc1cc(C)cc(OCC(=O)N(Cc2ccc(Cl)cc2)[C@@H](Cc2ccccc2)C(=O)NC(C)C)c1. The highest BCUT2D eigenvalue weighted by atomic mass is 35.5. The third-order valence-corrected chi connectivity index (χ3v) is 5.78. The molecule has 184 valence electrons. The first-order chi connectivity index (χ1) is 16.7. The van der Waals surface area contributed by atoms with Crippen LogP contribution in [0.2, 0.25) is 5.02 Å². The van der Waals surface area contributed by atoms with Crippen LogP contribution in [0, 0.1) is 13.8 Å². The molecule has 0 aliphatic carbocycles. The van der Waals surface area contributed by atoms with Gasteiger partial charge in [0.25, 0.3) is 5.91 Å². The zero-order chi connectivity index (χ0) is 25.4. The first-order valence-electron chi connectivity index (χ1n) is 11.8. The molecule has 0 fully saturated rings. The lowest BCUT2D eigenvalue weighted by molar-refractivity contribution is -0.143. The minimum absolute atomic E-state index is 0.0558. The van der Waals surface area contributed by atoms with Gasteiger partial charge >= 0.3 is 0 Å². The molecule has 1 atom stereocenters. The fourth-order valence-corrected chi connectivity index (χ4v) is 4.09. The summed E-state index contributed by atoms with van der Waals surface area (Å²) >= 11 is 6.07. The molecule has 0 spiro atoms. The lowest BCUT2D eigenvalue weighted by Crippen LogP contribution is -2.52. The van der Waals surface area contributed by atoms with Gasteiger partial charge in [0, 0.05) is 24.0 Å². The lowest BCUT2D eigenvalue weighted by atomic mass is 10.0. The molecule has 0 unspecified atom stereocenters. The highest BCUT2D eigenvalue weighted by Gasteiger charge is 2.31. The standard InChI is InChI=1S/C29H33ClN2O3/c1-20(2)31-29(34)27(17-23-8-6-5-7-9-23)32(18-24-10-12-25(30)13-11-24)28(33)19-35-26-15-21(3)14-22(4)16-26/h5-16,20,27H,17-19H2,1-4H3,(H,31,34)/t27-/m0/s1. The summed E-state index contributed by atoms with van der Waals surface area (Å²) in [6.45, 7) is 7.88. The van der Waals surface area contributed by atoms with Crippen molar-refractivity contribution in [2.75, 3.05) is 6.61 Å². The van der Waals surface area contributed by atoms with E-state index in [1.54, 1.807) is 17.0 Å². The highest BCUT2D eigenvalue weighted by Crippen LogP contribution is 2.19. The van der Waals surface area contributed by atoms with Crippen LogP contribution in [0.25, 0.3) is 0 Å². The van der Waals surface area contributed by atoms with Gasteiger partial charge in [-0.3, -0.25) is 9.59 Å². The van der Waals surface area contributed by atoms with Crippen LogP contribution in [0.4, 0.5) is 0 Å². The normalized spacial score (nSPS) is 11.7. The fraction of sp³-hybridized carbons (Fsp3) is 0.310. The Balaban J connectivity index is 1.91. The largest absolute Gasteiger partial charge is 0.484 e. The van der Waals surface area contributed by atoms with Crippen molar-refractivity contribution < 1.29 is 14.3 Å². The van der Waals surface area contributed by atoms with Crippen LogP contribution < -0.4 is 10.1 Å². The van der Waals surface area contributed by atoms with Crippen molar-refractivity contribution in [1.82, 2.24) is 10.2 Å². The maximum atomic E-state index is 13.6.